The van der Waals surface area contributed by atoms with Gasteiger partial charge in [0.1, 0.15) is 6.10 Å². The van der Waals surface area contributed by atoms with Crippen molar-refractivity contribution in [2.45, 2.75) is 19.4 Å². The van der Waals surface area contributed by atoms with E-state index >= 15 is 0 Å². The molecular formula is C10H15ClN4O2. The van der Waals surface area contributed by atoms with E-state index in [1.165, 1.54) is 7.11 Å². The summed E-state index contributed by atoms with van der Waals surface area (Å²) in [6.45, 7) is 3.95. The minimum absolute atomic E-state index is 0.0481. The molecule has 0 aromatic carbocycles. The molecule has 2 unspecified atom stereocenters. The van der Waals surface area contributed by atoms with Gasteiger partial charge in [-0.1, -0.05) is 6.92 Å². The SMILES string of the molecule is COc1nc(Cl)nc(OC2CNCCC2C)n1. The molecule has 94 valence electrons. The predicted octanol–water partition coefficient (Wildman–Crippen LogP) is 0.910. The molecule has 0 bridgehead atoms. The van der Waals surface area contributed by atoms with Crippen LogP contribution < -0.4 is 14.8 Å². The van der Waals surface area contributed by atoms with Crippen molar-refractivity contribution in [3.63, 3.8) is 0 Å². The third-order valence-electron chi connectivity index (χ3n) is 2.76. The topological polar surface area (TPSA) is 69.2 Å². The molecule has 1 aromatic rings. The zero-order chi connectivity index (χ0) is 12.3. The lowest BCUT2D eigenvalue weighted by Crippen LogP contribution is -2.43. The normalized spacial score (nSPS) is 24.4. The fourth-order valence-corrected chi connectivity index (χ4v) is 1.86. The summed E-state index contributed by atoms with van der Waals surface area (Å²) in [6.07, 6.45) is 1.12. The Bertz CT molecular complexity index is 391. The van der Waals surface area contributed by atoms with Crippen molar-refractivity contribution in [3.05, 3.63) is 5.28 Å². The maximum absolute atomic E-state index is 5.74. The van der Waals surface area contributed by atoms with Gasteiger partial charge in [-0.05, 0) is 30.5 Å². The van der Waals surface area contributed by atoms with Crippen LogP contribution in [-0.4, -0.2) is 41.3 Å². The molecule has 0 amide bonds. The summed E-state index contributed by atoms with van der Waals surface area (Å²) < 4.78 is 10.6. The summed E-state index contributed by atoms with van der Waals surface area (Å²) in [5, 5.41) is 3.34. The second-order valence-electron chi connectivity index (χ2n) is 4.00. The summed E-state index contributed by atoms with van der Waals surface area (Å²) in [7, 11) is 1.47. The molecule has 2 rings (SSSR count). The molecule has 1 saturated heterocycles. The maximum atomic E-state index is 5.74. The van der Waals surface area contributed by atoms with Crippen molar-refractivity contribution >= 4 is 11.6 Å². The van der Waals surface area contributed by atoms with Crippen LogP contribution in [0.5, 0.6) is 12.0 Å². The highest BCUT2D eigenvalue weighted by atomic mass is 35.5. The third kappa shape index (κ3) is 3.17. The number of nitrogens with one attached hydrogen (secondary N) is 1. The summed E-state index contributed by atoms with van der Waals surface area (Å²) in [5.41, 5.74) is 0. The van der Waals surface area contributed by atoms with Crippen LogP contribution in [0.25, 0.3) is 0 Å². The second-order valence-corrected chi connectivity index (χ2v) is 4.34. The molecule has 1 fully saturated rings. The number of rotatable bonds is 3. The number of piperidine rings is 1. The molecule has 2 atom stereocenters. The van der Waals surface area contributed by atoms with Gasteiger partial charge in [-0.2, -0.15) is 9.97 Å². The van der Waals surface area contributed by atoms with Crippen LogP contribution in [-0.2, 0) is 0 Å². The standard InChI is InChI=1S/C10H15ClN4O2/c1-6-3-4-12-5-7(6)17-10-14-8(11)13-9(15-10)16-2/h6-7,12H,3-5H2,1-2H3. The van der Waals surface area contributed by atoms with Gasteiger partial charge in [-0.3, -0.25) is 0 Å². The smallest absolute Gasteiger partial charge is 0.324 e. The highest BCUT2D eigenvalue weighted by Crippen LogP contribution is 2.19. The van der Waals surface area contributed by atoms with Crippen LogP contribution in [0.15, 0.2) is 0 Å². The van der Waals surface area contributed by atoms with Crippen molar-refractivity contribution in [3.8, 4) is 12.0 Å². The molecule has 0 spiro atoms. The van der Waals surface area contributed by atoms with Crippen LogP contribution in [0.2, 0.25) is 5.28 Å². The van der Waals surface area contributed by atoms with Crippen molar-refractivity contribution in [2.24, 2.45) is 5.92 Å². The van der Waals surface area contributed by atoms with Crippen molar-refractivity contribution in [1.29, 1.82) is 0 Å². The summed E-state index contributed by atoms with van der Waals surface area (Å²) in [6, 6.07) is 0.374. The van der Waals surface area contributed by atoms with Crippen LogP contribution in [0.4, 0.5) is 0 Å². The van der Waals surface area contributed by atoms with E-state index in [-0.39, 0.29) is 23.4 Å². The lowest BCUT2D eigenvalue weighted by molar-refractivity contribution is 0.103. The van der Waals surface area contributed by atoms with Gasteiger partial charge >= 0.3 is 12.0 Å². The van der Waals surface area contributed by atoms with Gasteiger partial charge in [0.2, 0.25) is 5.28 Å². The van der Waals surface area contributed by atoms with Crippen molar-refractivity contribution in [2.75, 3.05) is 20.2 Å². The van der Waals surface area contributed by atoms with E-state index in [1.807, 2.05) is 0 Å². The zero-order valence-corrected chi connectivity index (χ0v) is 10.6. The van der Waals surface area contributed by atoms with Crippen molar-refractivity contribution in [1.82, 2.24) is 20.3 Å². The number of hydrogen-bond donors (Lipinski definition) is 1. The Labute approximate surface area is 105 Å². The van der Waals surface area contributed by atoms with Crippen molar-refractivity contribution < 1.29 is 9.47 Å². The minimum atomic E-state index is 0.0481. The molecule has 6 nitrogen and oxygen atoms in total. The lowest BCUT2D eigenvalue weighted by atomic mass is 9.97. The summed E-state index contributed by atoms with van der Waals surface area (Å²) in [5.74, 6) is 0.456. The van der Waals surface area contributed by atoms with Gasteiger partial charge in [0.15, 0.2) is 0 Å². The molecule has 0 radical (unpaired) electrons. The van der Waals surface area contributed by atoms with Gasteiger partial charge in [-0.15, -0.1) is 4.98 Å². The number of ether oxygens (including phenoxy) is 2. The predicted molar refractivity (Wildman–Crippen MR) is 62.5 cm³/mol. The average Bonchev–Trinajstić information content (AvgIpc) is 2.31. The minimum Gasteiger partial charge on any atom is -0.467 e. The maximum Gasteiger partial charge on any atom is 0.324 e. The Morgan fingerprint density at radius 1 is 1.29 bits per heavy atom. The van der Waals surface area contributed by atoms with E-state index < -0.39 is 0 Å². The Balaban J connectivity index is 2.09. The lowest BCUT2D eigenvalue weighted by Gasteiger charge is -2.28. The molecular weight excluding hydrogens is 244 g/mol. The molecule has 2 heterocycles. The van der Waals surface area contributed by atoms with Crippen LogP contribution in [0, 0.1) is 5.92 Å². The van der Waals surface area contributed by atoms with E-state index in [1.54, 1.807) is 0 Å². The van der Waals surface area contributed by atoms with Crippen LogP contribution in [0.1, 0.15) is 13.3 Å². The van der Waals surface area contributed by atoms with Gasteiger partial charge in [0.05, 0.1) is 7.11 Å². The van der Waals surface area contributed by atoms with E-state index in [4.69, 9.17) is 21.1 Å². The summed E-state index contributed by atoms with van der Waals surface area (Å²) in [4.78, 5) is 11.7. The number of halogens is 1. The second kappa shape index (κ2) is 5.46. The fourth-order valence-electron chi connectivity index (χ4n) is 1.71. The molecule has 1 aliphatic heterocycles. The Hall–Kier alpha value is -1.14. The van der Waals surface area contributed by atoms with E-state index in [0.29, 0.717) is 5.92 Å². The largest absolute Gasteiger partial charge is 0.467 e. The van der Waals surface area contributed by atoms with E-state index in [0.717, 1.165) is 19.5 Å². The van der Waals surface area contributed by atoms with Gasteiger partial charge in [0.25, 0.3) is 0 Å². The highest BCUT2D eigenvalue weighted by Gasteiger charge is 2.24. The quantitative estimate of drug-likeness (QED) is 0.869. The molecule has 0 saturated carbocycles. The Kier molecular flexibility index (Phi) is 3.96. The first-order chi connectivity index (χ1) is 8.19. The third-order valence-corrected chi connectivity index (χ3v) is 2.93. The van der Waals surface area contributed by atoms with Gasteiger partial charge < -0.3 is 14.8 Å². The van der Waals surface area contributed by atoms with Gasteiger partial charge in [-0.25, -0.2) is 0 Å². The monoisotopic (exact) mass is 258 g/mol. The Morgan fingerprint density at radius 3 is 2.76 bits per heavy atom. The van der Waals surface area contributed by atoms with Crippen LogP contribution in [0.3, 0.4) is 0 Å². The molecule has 1 aliphatic rings. The number of methoxy groups -OCH3 is 1. The molecule has 7 heteroatoms. The number of nitrogens with zero attached hydrogens (tertiary/aromatic N) is 3. The first-order valence-electron chi connectivity index (χ1n) is 5.52. The van der Waals surface area contributed by atoms with Gasteiger partial charge in [0, 0.05) is 6.54 Å². The zero-order valence-electron chi connectivity index (χ0n) is 9.81. The molecule has 17 heavy (non-hydrogen) atoms. The number of aromatic nitrogens is 3. The first-order valence-corrected chi connectivity index (χ1v) is 5.90. The van der Waals surface area contributed by atoms with E-state index in [9.17, 15) is 0 Å². The fraction of sp³-hybridized carbons (Fsp3) is 0.700. The number of hydrogen-bond acceptors (Lipinski definition) is 6. The summed E-state index contributed by atoms with van der Waals surface area (Å²) >= 11 is 5.74. The molecule has 0 aliphatic carbocycles. The first kappa shape index (κ1) is 12.3. The Morgan fingerprint density at radius 2 is 2.06 bits per heavy atom. The average molecular weight is 259 g/mol. The molecule has 1 N–H and O–H groups in total. The van der Waals surface area contributed by atoms with E-state index in [2.05, 4.69) is 27.2 Å². The molecule has 1 aromatic heterocycles. The highest BCUT2D eigenvalue weighted by molar-refractivity contribution is 6.28. The van der Waals surface area contributed by atoms with Crippen LogP contribution >= 0.6 is 11.6 Å².